The summed E-state index contributed by atoms with van der Waals surface area (Å²) < 4.78 is 39.8. The molecule has 0 radical (unpaired) electrons. The number of phenolic OH excluding ortho intramolecular Hbond substituents is 1. The van der Waals surface area contributed by atoms with Gasteiger partial charge in [-0.05, 0) is 42.3 Å². The molecule has 1 aliphatic rings. The predicted octanol–water partition coefficient (Wildman–Crippen LogP) is 5.49. The largest absolute Gasteiger partial charge is 0.508 e. The summed E-state index contributed by atoms with van der Waals surface area (Å²) in [6.45, 7) is 0.368. The first kappa shape index (κ1) is 19.7. The fraction of sp³-hybridized carbons (Fsp3) is 0.182. The number of fused-ring (bicyclic) bond motifs is 3. The Morgan fingerprint density at radius 1 is 1.13 bits per heavy atom. The van der Waals surface area contributed by atoms with Crippen LogP contribution in [0, 0.1) is 0 Å². The number of hydrogen-bond acceptors (Lipinski definition) is 4. The summed E-state index contributed by atoms with van der Waals surface area (Å²) in [6, 6.07) is 12.5. The van der Waals surface area contributed by atoms with Crippen LogP contribution < -0.4 is 4.90 Å². The van der Waals surface area contributed by atoms with Crippen molar-refractivity contribution in [1.82, 2.24) is 15.0 Å². The van der Waals surface area contributed by atoms with E-state index in [1.807, 2.05) is 12.1 Å². The van der Waals surface area contributed by atoms with Crippen LogP contribution in [0.15, 0.2) is 54.7 Å². The summed E-state index contributed by atoms with van der Waals surface area (Å²) in [6.07, 6.45) is -2.92. The SMILES string of the molecule is Oc1ccccc1C1c2[nH]c3ccc(Cl)cc3c2CCN1c1nccc(C(F)(F)F)n1. The molecule has 5 nitrogen and oxygen atoms in total. The van der Waals surface area contributed by atoms with Crippen molar-refractivity contribution in [2.24, 2.45) is 0 Å². The quantitative estimate of drug-likeness (QED) is 0.429. The highest BCUT2D eigenvalue weighted by Crippen LogP contribution is 2.43. The standard InChI is InChI=1S/C22H16ClF3N4O/c23-12-5-6-16-15(11-12)13-8-10-30(21-27-9-7-18(29-21)22(24,25)26)20(19(13)28-16)14-3-1-2-4-17(14)31/h1-7,9,11,20,28,31H,8,10H2. The topological polar surface area (TPSA) is 65.0 Å². The minimum Gasteiger partial charge on any atom is -0.508 e. The van der Waals surface area contributed by atoms with Crippen molar-refractivity contribution in [3.05, 3.63) is 82.3 Å². The van der Waals surface area contributed by atoms with Crippen molar-refractivity contribution in [3.8, 4) is 5.75 Å². The number of nitrogens with one attached hydrogen (secondary N) is 1. The van der Waals surface area contributed by atoms with E-state index >= 15 is 0 Å². The molecule has 0 bridgehead atoms. The summed E-state index contributed by atoms with van der Waals surface area (Å²) >= 11 is 6.19. The highest BCUT2D eigenvalue weighted by atomic mass is 35.5. The zero-order valence-corrected chi connectivity index (χ0v) is 16.7. The minimum absolute atomic E-state index is 0.0361. The first-order chi connectivity index (χ1) is 14.8. The van der Waals surface area contributed by atoms with Gasteiger partial charge in [0.1, 0.15) is 17.5 Å². The van der Waals surface area contributed by atoms with Crippen LogP contribution in [-0.2, 0) is 12.6 Å². The molecule has 1 unspecified atom stereocenters. The molecule has 4 aromatic rings. The molecular formula is C22H16ClF3N4O. The van der Waals surface area contributed by atoms with E-state index in [9.17, 15) is 18.3 Å². The van der Waals surface area contributed by atoms with E-state index < -0.39 is 17.9 Å². The van der Waals surface area contributed by atoms with Crippen molar-refractivity contribution in [2.75, 3.05) is 11.4 Å². The molecule has 3 heterocycles. The Kier molecular flexibility index (Phi) is 4.55. The number of halogens is 4. The van der Waals surface area contributed by atoms with Gasteiger partial charge in [0.15, 0.2) is 0 Å². The van der Waals surface area contributed by atoms with Gasteiger partial charge in [-0.2, -0.15) is 13.2 Å². The number of hydrogen-bond donors (Lipinski definition) is 2. The van der Waals surface area contributed by atoms with Gasteiger partial charge in [0.25, 0.3) is 0 Å². The first-order valence-corrected chi connectivity index (χ1v) is 9.95. The average molecular weight is 445 g/mol. The van der Waals surface area contributed by atoms with E-state index in [2.05, 4.69) is 15.0 Å². The Morgan fingerprint density at radius 3 is 2.71 bits per heavy atom. The van der Waals surface area contributed by atoms with E-state index in [1.165, 1.54) is 0 Å². The van der Waals surface area contributed by atoms with Crippen LogP contribution >= 0.6 is 11.6 Å². The van der Waals surface area contributed by atoms with Crippen LogP contribution in [-0.4, -0.2) is 26.6 Å². The van der Waals surface area contributed by atoms with Gasteiger partial charge in [0, 0.05) is 39.9 Å². The van der Waals surface area contributed by atoms with Gasteiger partial charge >= 0.3 is 6.18 Å². The second kappa shape index (κ2) is 7.16. The molecule has 0 amide bonds. The van der Waals surface area contributed by atoms with E-state index in [0.717, 1.165) is 34.4 Å². The molecule has 1 aliphatic heterocycles. The maximum Gasteiger partial charge on any atom is 0.433 e. The number of H-pyrrole nitrogens is 1. The normalized spacial score (nSPS) is 16.5. The molecule has 9 heteroatoms. The Morgan fingerprint density at radius 2 is 1.94 bits per heavy atom. The van der Waals surface area contributed by atoms with Gasteiger partial charge in [-0.25, -0.2) is 9.97 Å². The number of aromatic hydroxyl groups is 1. The maximum absolute atomic E-state index is 13.3. The number of alkyl halides is 3. The molecule has 0 aliphatic carbocycles. The van der Waals surface area contributed by atoms with E-state index in [-0.39, 0.29) is 11.7 Å². The van der Waals surface area contributed by atoms with Crippen molar-refractivity contribution in [3.63, 3.8) is 0 Å². The maximum atomic E-state index is 13.3. The molecule has 5 rings (SSSR count). The Bertz CT molecular complexity index is 1290. The predicted molar refractivity (Wildman–Crippen MR) is 111 cm³/mol. The summed E-state index contributed by atoms with van der Waals surface area (Å²) in [4.78, 5) is 13.0. The van der Waals surface area contributed by atoms with Crippen LogP contribution in [0.25, 0.3) is 10.9 Å². The van der Waals surface area contributed by atoms with Gasteiger partial charge in [0.05, 0.1) is 0 Å². The number of benzene rings is 2. The molecule has 2 N–H and O–H groups in total. The second-order valence-electron chi connectivity index (χ2n) is 7.35. The second-order valence-corrected chi connectivity index (χ2v) is 7.79. The molecule has 2 aromatic heterocycles. The molecular weight excluding hydrogens is 429 g/mol. The van der Waals surface area contributed by atoms with Gasteiger partial charge in [-0.15, -0.1) is 0 Å². The van der Waals surface area contributed by atoms with Gasteiger partial charge < -0.3 is 15.0 Å². The van der Waals surface area contributed by atoms with Gasteiger partial charge in [0.2, 0.25) is 5.95 Å². The number of para-hydroxylation sites is 1. The fourth-order valence-corrected chi connectivity index (χ4v) is 4.34. The average Bonchev–Trinajstić information content (AvgIpc) is 3.11. The molecule has 158 valence electrons. The molecule has 0 spiro atoms. The Hall–Kier alpha value is -3.26. The number of aromatic nitrogens is 3. The van der Waals surface area contributed by atoms with Crippen LogP contribution in [0.1, 0.15) is 28.6 Å². The lowest BCUT2D eigenvalue weighted by molar-refractivity contribution is -0.141. The van der Waals surface area contributed by atoms with Gasteiger partial charge in [-0.1, -0.05) is 29.8 Å². The first-order valence-electron chi connectivity index (χ1n) is 9.57. The number of rotatable bonds is 2. The number of anilines is 1. The summed E-state index contributed by atoms with van der Waals surface area (Å²) in [5.41, 5.74) is 2.17. The zero-order chi connectivity index (χ0) is 21.8. The molecule has 0 saturated heterocycles. The third-order valence-corrected chi connectivity index (χ3v) is 5.75. The minimum atomic E-state index is -4.58. The molecule has 0 saturated carbocycles. The van der Waals surface area contributed by atoms with Crippen molar-refractivity contribution >= 4 is 28.5 Å². The van der Waals surface area contributed by atoms with E-state index in [1.54, 1.807) is 35.2 Å². The highest BCUT2D eigenvalue weighted by Gasteiger charge is 2.37. The van der Waals surface area contributed by atoms with E-state index in [0.29, 0.717) is 23.6 Å². The summed E-state index contributed by atoms with van der Waals surface area (Å²) in [5.74, 6) is -0.0144. The summed E-state index contributed by atoms with van der Waals surface area (Å²) in [5, 5.41) is 12.1. The van der Waals surface area contributed by atoms with Crippen molar-refractivity contribution in [2.45, 2.75) is 18.6 Å². The third kappa shape index (κ3) is 3.37. The van der Waals surface area contributed by atoms with Crippen LogP contribution in [0.2, 0.25) is 5.02 Å². The van der Waals surface area contributed by atoms with Crippen LogP contribution in [0.5, 0.6) is 5.75 Å². The fourth-order valence-electron chi connectivity index (χ4n) is 4.16. The lowest BCUT2D eigenvalue weighted by Gasteiger charge is -2.36. The molecule has 1 atom stereocenters. The van der Waals surface area contributed by atoms with Crippen LogP contribution in [0.3, 0.4) is 0 Å². The van der Waals surface area contributed by atoms with Crippen molar-refractivity contribution < 1.29 is 18.3 Å². The van der Waals surface area contributed by atoms with Crippen molar-refractivity contribution in [1.29, 1.82) is 0 Å². The van der Waals surface area contributed by atoms with Crippen LogP contribution in [0.4, 0.5) is 19.1 Å². The third-order valence-electron chi connectivity index (χ3n) is 5.51. The molecule has 31 heavy (non-hydrogen) atoms. The Labute approximate surface area is 180 Å². The van der Waals surface area contributed by atoms with E-state index in [4.69, 9.17) is 11.6 Å². The highest BCUT2D eigenvalue weighted by molar-refractivity contribution is 6.31. The number of nitrogens with zero attached hydrogens (tertiary/aromatic N) is 3. The zero-order valence-electron chi connectivity index (χ0n) is 16.0. The summed E-state index contributed by atoms with van der Waals surface area (Å²) in [7, 11) is 0. The lowest BCUT2D eigenvalue weighted by atomic mass is 9.92. The monoisotopic (exact) mass is 444 g/mol. The smallest absolute Gasteiger partial charge is 0.433 e. The lowest BCUT2D eigenvalue weighted by Crippen LogP contribution is -2.37. The Balaban J connectivity index is 1.72. The molecule has 2 aromatic carbocycles. The van der Waals surface area contributed by atoms with Gasteiger partial charge in [-0.3, -0.25) is 0 Å². The number of phenols is 1. The molecule has 0 fully saturated rings. The number of aromatic amines is 1.